The van der Waals surface area contributed by atoms with Gasteiger partial charge in [0.2, 0.25) is 10.0 Å². The largest absolute Gasteiger partial charge is 0.417 e. The molecule has 126 valence electrons. The Bertz CT molecular complexity index is 726. The summed E-state index contributed by atoms with van der Waals surface area (Å²) in [4.78, 5) is -0.468. The van der Waals surface area contributed by atoms with Crippen LogP contribution in [0.15, 0.2) is 23.1 Å². The molecule has 0 saturated carbocycles. The average molecular weight is 348 g/mol. The molecule has 2 rings (SSSR count). The molecular weight excluding hydrogens is 333 g/mol. The number of ether oxygens (including phenoxy) is 1. The van der Waals surface area contributed by atoms with Gasteiger partial charge in [0.25, 0.3) is 0 Å². The first-order chi connectivity index (χ1) is 10.7. The minimum atomic E-state index is -4.80. The van der Waals surface area contributed by atoms with Gasteiger partial charge in [-0.2, -0.15) is 22.7 Å². The molecule has 0 aliphatic carbocycles. The van der Waals surface area contributed by atoms with Crippen LogP contribution in [-0.2, 0) is 20.9 Å². The molecule has 1 saturated heterocycles. The third-order valence-corrected chi connectivity index (χ3v) is 5.62. The quantitative estimate of drug-likeness (QED) is 0.841. The Morgan fingerprint density at radius 3 is 2.70 bits per heavy atom. The summed E-state index contributed by atoms with van der Waals surface area (Å²) >= 11 is 0. The first kappa shape index (κ1) is 17.7. The molecule has 1 unspecified atom stereocenters. The fourth-order valence-corrected chi connectivity index (χ4v) is 4.12. The van der Waals surface area contributed by atoms with Crippen molar-refractivity contribution in [3.05, 3.63) is 29.3 Å². The molecule has 1 aromatic carbocycles. The highest BCUT2D eigenvalue weighted by atomic mass is 32.2. The Hall–Kier alpha value is -1.63. The van der Waals surface area contributed by atoms with Gasteiger partial charge in [0.1, 0.15) is 0 Å². The summed E-state index contributed by atoms with van der Waals surface area (Å²) in [6.07, 6.45) is -4.31. The normalized spacial score (nSPS) is 20.2. The Morgan fingerprint density at radius 1 is 1.43 bits per heavy atom. The number of benzene rings is 1. The maximum absolute atomic E-state index is 13.0. The summed E-state index contributed by atoms with van der Waals surface area (Å²) in [5.41, 5.74) is -1.85. The molecule has 0 bridgehead atoms. The molecule has 5 nitrogen and oxygen atoms in total. The third kappa shape index (κ3) is 3.49. The van der Waals surface area contributed by atoms with E-state index >= 15 is 0 Å². The second-order valence-corrected chi connectivity index (χ2v) is 6.96. The maximum atomic E-state index is 13.0. The molecule has 1 aliphatic heterocycles. The molecule has 0 spiro atoms. The molecule has 1 fully saturated rings. The van der Waals surface area contributed by atoms with Gasteiger partial charge < -0.3 is 4.74 Å². The number of morpholine rings is 1. The van der Waals surface area contributed by atoms with Crippen LogP contribution in [0.2, 0.25) is 0 Å². The van der Waals surface area contributed by atoms with E-state index in [1.165, 1.54) is 6.07 Å². The van der Waals surface area contributed by atoms with Crippen molar-refractivity contribution in [2.75, 3.05) is 19.8 Å². The minimum Gasteiger partial charge on any atom is -0.378 e. The molecule has 1 aliphatic rings. The van der Waals surface area contributed by atoms with E-state index in [9.17, 15) is 21.6 Å². The zero-order valence-electron chi connectivity index (χ0n) is 12.3. The van der Waals surface area contributed by atoms with Crippen LogP contribution in [0, 0.1) is 11.3 Å². The topological polar surface area (TPSA) is 70.4 Å². The van der Waals surface area contributed by atoms with Crippen molar-refractivity contribution in [3.63, 3.8) is 0 Å². The van der Waals surface area contributed by atoms with Crippen LogP contribution in [0.25, 0.3) is 0 Å². The van der Waals surface area contributed by atoms with Crippen LogP contribution in [0.5, 0.6) is 0 Å². The van der Waals surface area contributed by atoms with Gasteiger partial charge in [-0.3, -0.25) is 0 Å². The number of hydrogen-bond acceptors (Lipinski definition) is 4. The Labute approximate surface area is 132 Å². The van der Waals surface area contributed by atoms with Crippen molar-refractivity contribution in [3.8, 4) is 6.07 Å². The number of halogens is 3. The number of nitrogens with zero attached hydrogens (tertiary/aromatic N) is 2. The van der Waals surface area contributed by atoms with Crippen molar-refractivity contribution in [1.29, 1.82) is 5.26 Å². The second kappa shape index (κ2) is 6.47. The van der Waals surface area contributed by atoms with Gasteiger partial charge in [0.05, 0.1) is 35.3 Å². The highest BCUT2D eigenvalue weighted by Crippen LogP contribution is 2.34. The Kier molecular flexibility index (Phi) is 4.98. The summed E-state index contributed by atoms with van der Waals surface area (Å²) < 4.78 is 70.7. The van der Waals surface area contributed by atoms with Gasteiger partial charge in [-0.1, -0.05) is 6.92 Å². The summed E-state index contributed by atoms with van der Waals surface area (Å²) in [6.45, 7) is 2.26. The number of alkyl halides is 3. The van der Waals surface area contributed by atoms with Gasteiger partial charge in [-0.25, -0.2) is 8.42 Å². The SMILES string of the molecule is CCC1COCCN1S(=O)(=O)c1ccc(C#N)c(C(F)(F)F)c1. The van der Waals surface area contributed by atoms with Crippen molar-refractivity contribution in [2.24, 2.45) is 0 Å². The second-order valence-electron chi connectivity index (χ2n) is 5.07. The van der Waals surface area contributed by atoms with E-state index in [2.05, 4.69) is 0 Å². The number of rotatable bonds is 3. The fraction of sp³-hybridized carbons (Fsp3) is 0.500. The van der Waals surface area contributed by atoms with Crippen LogP contribution >= 0.6 is 0 Å². The number of sulfonamides is 1. The Morgan fingerprint density at radius 2 is 2.13 bits per heavy atom. The summed E-state index contributed by atoms with van der Waals surface area (Å²) in [5.74, 6) is 0. The Balaban J connectivity index is 2.50. The molecule has 23 heavy (non-hydrogen) atoms. The van der Waals surface area contributed by atoms with Gasteiger partial charge in [0, 0.05) is 12.6 Å². The van der Waals surface area contributed by atoms with E-state index in [1.54, 1.807) is 6.92 Å². The molecule has 0 aromatic heterocycles. The van der Waals surface area contributed by atoms with E-state index in [0.717, 1.165) is 16.4 Å². The van der Waals surface area contributed by atoms with Crippen LogP contribution in [-0.4, -0.2) is 38.5 Å². The zero-order valence-corrected chi connectivity index (χ0v) is 13.1. The predicted octanol–water partition coefficient (Wildman–Crippen LogP) is 2.38. The third-order valence-electron chi connectivity index (χ3n) is 3.67. The van der Waals surface area contributed by atoms with Gasteiger partial charge in [-0.05, 0) is 24.6 Å². The van der Waals surface area contributed by atoms with Gasteiger partial charge >= 0.3 is 6.18 Å². The van der Waals surface area contributed by atoms with Crippen LogP contribution in [0.1, 0.15) is 24.5 Å². The first-order valence-electron chi connectivity index (χ1n) is 6.92. The lowest BCUT2D eigenvalue weighted by molar-refractivity contribution is -0.137. The lowest BCUT2D eigenvalue weighted by atomic mass is 10.1. The van der Waals surface area contributed by atoms with Crippen molar-refractivity contribution in [2.45, 2.75) is 30.5 Å². The monoisotopic (exact) mass is 348 g/mol. The van der Waals surface area contributed by atoms with Crippen molar-refractivity contribution in [1.82, 2.24) is 4.31 Å². The highest BCUT2D eigenvalue weighted by Gasteiger charge is 2.37. The van der Waals surface area contributed by atoms with Crippen molar-refractivity contribution < 1.29 is 26.3 Å². The smallest absolute Gasteiger partial charge is 0.378 e. The number of hydrogen-bond donors (Lipinski definition) is 0. The fourth-order valence-electron chi connectivity index (χ4n) is 2.43. The van der Waals surface area contributed by atoms with Crippen LogP contribution in [0.3, 0.4) is 0 Å². The van der Waals surface area contributed by atoms with Gasteiger partial charge in [0.15, 0.2) is 0 Å². The van der Waals surface area contributed by atoms with E-state index in [0.29, 0.717) is 12.5 Å². The molecule has 1 heterocycles. The predicted molar refractivity (Wildman–Crippen MR) is 74.9 cm³/mol. The first-order valence-corrected chi connectivity index (χ1v) is 8.36. The molecule has 9 heteroatoms. The molecule has 1 aromatic rings. The standard InChI is InChI=1S/C14H15F3N2O3S/c1-2-11-9-22-6-5-19(11)23(20,21)12-4-3-10(8-18)13(7-12)14(15,16)17/h3-4,7,11H,2,5-6,9H2,1H3. The average Bonchev–Trinajstić information content (AvgIpc) is 2.53. The maximum Gasteiger partial charge on any atom is 0.417 e. The van der Waals surface area contributed by atoms with E-state index in [1.807, 2.05) is 0 Å². The van der Waals surface area contributed by atoms with E-state index in [4.69, 9.17) is 10.00 Å². The van der Waals surface area contributed by atoms with E-state index < -0.39 is 38.3 Å². The highest BCUT2D eigenvalue weighted by molar-refractivity contribution is 7.89. The summed E-state index contributed by atoms with van der Waals surface area (Å²) in [7, 11) is -4.09. The van der Waals surface area contributed by atoms with Gasteiger partial charge in [-0.15, -0.1) is 0 Å². The van der Waals surface area contributed by atoms with E-state index in [-0.39, 0.29) is 19.8 Å². The van der Waals surface area contributed by atoms with Crippen LogP contribution < -0.4 is 0 Å². The van der Waals surface area contributed by atoms with Crippen LogP contribution in [0.4, 0.5) is 13.2 Å². The molecule has 0 N–H and O–H groups in total. The molecule has 1 atom stereocenters. The lowest BCUT2D eigenvalue weighted by Gasteiger charge is -2.34. The number of nitriles is 1. The minimum absolute atomic E-state index is 0.0855. The summed E-state index contributed by atoms with van der Waals surface area (Å²) in [6, 6.07) is 3.46. The molecule has 0 radical (unpaired) electrons. The summed E-state index contributed by atoms with van der Waals surface area (Å²) in [5, 5.41) is 8.78. The lowest BCUT2D eigenvalue weighted by Crippen LogP contribution is -2.48. The molecular formula is C14H15F3N2O3S. The van der Waals surface area contributed by atoms with Crippen molar-refractivity contribution >= 4 is 10.0 Å². The zero-order chi connectivity index (χ0) is 17.3. The molecule has 0 amide bonds.